The highest BCUT2D eigenvalue weighted by molar-refractivity contribution is 7.09. The minimum Gasteiger partial charge on any atom is -0.492 e. The summed E-state index contributed by atoms with van der Waals surface area (Å²) >= 11 is 8.06. The molecule has 194 valence electrons. The molecule has 0 aliphatic rings. The summed E-state index contributed by atoms with van der Waals surface area (Å²) in [7, 11) is 0. The number of carbonyl (C=O) groups excluding carboxylic acids is 1. The Balaban J connectivity index is 1.42. The Labute approximate surface area is 225 Å². The number of ether oxygens (including phenoxy) is 1. The molecule has 4 nitrogen and oxygen atoms in total. The number of carbonyl (C=O) groups is 1. The average molecular weight is 528 g/mol. The summed E-state index contributed by atoms with van der Waals surface area (Å²) in [5.74, 6) is 0.467. The summed E-state index contributed by atoms with van der Waals surface area (Å²) in [6.07, 6.45) is 15.0. The summed E-state index contributed by atoms with van der Waals surface area (Å²) in [5.41, 5.74) is 4.48. The third kappa shape index (κ3) is 9.94. The van der Waals surface area contributed by atoms with Crippen LogP contribution in [0.1, 0.15) is 91.9 Å². The molecule has 2 aromatic carbocycles. The van der Waals surface area contributed by atoms with Gasteiger partial charge in [0.1, 0.15) is 5.75 Å². The number of unbranched alkanes of at least 4 members (excludes halogenated alkanes) is 9. The van der Waals surface area contributed by atoms with E-state index >= 15 is 0 Å². The largest absolute Gasteiger partial charge is 0.492 e. The van der Waals surface area contributed by atoms with Crippen LogP contribution in [-0.4, -0.2) is 12.5 Å². The number of nitrogens with zero attached hydrogens (tertiary/aromatic N) is 1. The van der Waals surface area contributed by atoms with Crippen molar-refractivity contribution in [3.8, 4) is 5.75 Å². The van der Waals surface area contributed by atoms with Crippen LogP contribution >= 0.6 is 22.9 Å². The molecule has 36 heavy (non-hydrogen) atoms. The number of rotatable bonds is 16. The number of hydrogen-bond donors (Lipinski definition) is 1. The van der Waals surface area contributed by atoms with E-state index in [9.17, 15) is 4.79 Å². The SMILES string of the molecule is CCCCCCCCCCCCOc1cc(NC(=O)c2cccc(C[n+]3csc(C)c3)c2)ccc1Cl. The first-order chi connectivity index (χ1) is 17.5. The van der Waals surface area contributed by atoms with Crippen LogP contribution in [0.5, 0.6) is 5.75 Å². The minimum absolute atomic E-state index is 0.147. The maximum Gasteiger partial charge on any atom is 0.255 e. The smallest absolute Gasteiger partial charge is 0.255 e. The number of benzene rings is 2. The predicted molar refractivity (Wildman–Crippen MR) is 152 cm³/mol. The second-order valence-electron chi connectivity index (χ2n) is 9.47. The van der Waals surface area contributed by atoms with Crippen molar-refractivity contribution in [2.75, 3.05) is 11.9 Å². The molecule has 0 aliphatic carbocycles. The maximum absolute atomic E-state index is 12.9. The molecule has 1 heterocycles. The first kappa shape index (κ1) is 28.2. The van der Waals surface area contributed by atoms with E-state index in [0.29, 0.717) is 28.6 Å². The lowest BCUT2D eigenvalue weighted by Gasteiger charge is -2.11. The van der Waals surface area contributed by atoms with Gasteiger partial charge in [0.05, 0.1) is 16.5 Å². The number of hydrogen-bond acceptors (Lipinski definition) is 3. The van der Waals surface area contributed by atoms with E-state index < -0.39 is 0 Å². The average Bonchev–Trinajstić information content (AvgIpc) is 3.28. The fourth-order valence-electron chi connectivity index (χ4n) is 4.22. The third-order valence-electron chi connectivity index (χ3n) is 6.22. The molecular weight excluding hydrogens is 488 g/mol. The lowest BCUT2D eigenvalue weighted by atomic mass is 10.1. The molecular formula is C30H40ClN2O2S+. The van der Waals surface area contributed by atoms with Crippen molar-refractivity contribution in [1.82, 2.24) is 0 Å². The van der Waals surface area contributed by atoms with Crippen LogP contribution in [0.4, 0.5) is 5.69 Å². The molecule has 6 heteroatoms. The standard InChI is InChI=1S/C30H39ClN2O2S/c1-3-4-5-6-7-8-9-10-11-12-18-35-29-20-27(16-17-28(29)31)32-30(34)26-15-13-14-25(19-26)22-33-21-24(2)36-23-33/h13-17,19-21,23H,3-12,18,22H2,1-2H3/p+1. The number of anilines is 1. The monoisotopic (exact) mass is 527 g/mol. The maximum atomic E-state index is 12.9. The number of amides is 1. The molecule has 0 spiro atoms. The van der Waals surface area contributed by atoms with Gasteiger partial charge in [-0.2, -0.15) is 4.57 Å². The first-order valence-electron chi connectivity index (χ1n) is 13.3. The highest BCUT2D eigenvalue weighted by atomic mass is 35.5. The molecule has 1 aromatic heterocycles. The number of halogens is 1. The van der Waals surface area contributed by atoms with E-state index in [-0.39, 0.29) is 5.91 Å². The summed E-state index contributed by atoms with van der Waals surface area (Å²) in [6.45, 7) is 5.72. The molecule has 0 aliphatic heterocycles. The molecule has 0 unspecified atom stereocenters. The van der Waals surface area contributed by atoms with E-state index in [4.69, 9.17) is 16.3 Å². The highest BCUT2D eigenvalue weighted by Gasteiger charge is 2.12. The lowest BCUT2D eigenvalue weighted by Crippen LogP contribution is -2.30. The van der Waals surface area contributed by atoms with Gasteiger partial charge in [-0.05, 0) is 37.6 Å². The van der Waals surface area contributed by atoms with Crippen LogP contribution in [0.25, 0.3) is 0 Å². The molecule has 1 N–H and O–H groups in total. The van der Waals surface area contributed by atoms with Gasteiger partial charge in [-0.15, -0.1) is 0 Å². The van der Waals surface area contributed by atoms with Crippen molar-refractivity contribution in [1.29, 1.82) is 0 Å². The van der Waals surface area contributed by atoms with E-state index in [1.807, 2.05) is 30.3 Å². The Hall–Kier alpha value is -2.37. The Kier molecular flexibility index (Phi) is 12.3. The number of nitrogens with one attached hydrogen (secondary N) is 1. The highest BCUT2D eigenvalue weighted by Crippen LogP contribution is 2.28. The summed E-state index contributed by atoms with van der Waals surface area (Å²) in [4.78, 5) is 14.2. The van der Waals surface area contributed by atoms with Crippen LogP contribution < -0.4 is 14.6 Å². The minimum atomic E-state index is -0.147. The third-order valence-corrected chi connectivity index (χ3v) is 7.39. The molecule has 0 saturated heterocycles. The second-order valence-corrected chi connectivity index (χ2v) is 11.0. The van der Waals surface area contributed by atoms with Crippen LogP contribution in [0, 0.1) is 6.92 Å². The van der Waals surface area contributed by atoms with Crippen LogP contribution in [0.15, 0.2) is 54.2 Å². The zero-order valence-corrected chi connectivity index (χ0v) is 23.3. The molecule has 0 atom stereocenters. The Morgan fingerprint density at radius 1 is 0.972 bits per heavy atom. The van der Waals surface area contributed by atoms with Crippen molar-refractivity contribution in [3.63, 3.8) is 0 Å². The summed E-state index contributed by atoms with van der Waals surface area (Å²) in [6, 6.07) is 13.1. The van der Waals surface area contributed by atoms with Gasteiger partial charge < -0.3 is 10.1 Å². The second kappa shape index (κ2) is 15.7. The number of aryl methyl sites for hydroxylation is 1. The van der Waals surface area contributed by atoms with Gasteiger partial charge in [-0.1, -0.05) is 99.8 Å². The normalized spacial score (nSPS) is 11.0. The van der Waals surface area contributed by atoms with E-state index in [1.54, 1.807) is 23.5 Å². The molecule has 0 bridgehead atoms. The fraction of sp³-hybridized carbons (Fsp3) is 0.467. The van der Waals surface area contributed by atoms with Crippen molar-refractivity contribution < 1.29 is 14.1 Å². The topological polar surface area (TPSA) is 42.2 Å². The quantitative estimate of drug-likeness (QED) is 0.150. The summed E-state index contributed by atoms with van der Waals surface area (Å²) in [5, 5.41) is 3.54. The van der Waals surface area contributed by atoms with Crippen LogP contribution in [-0.2, 0) is 6.54 Å². The van der Waals surface area contributed by atoms with Gasteiger partial charge in [0, 0.05) is 22.9 Å². The number of thiazole rings is 1. The lowest BCUT2D eigenvalue weighted by molar-refractivity contribution is -0.683. The van der Waals surface area contributed by atoms with Crippen molar-refractivity contribution in [2.24, 2.45) is 0 Å². The molecule has 0 fully saturated rings. The van der Waals surface area contributed by atoms with E-state index in [1.165, 1.54) is 62.7 Å². The Bertz CT molecular complexity index is 1080. The van der Waals surface area contributed by atoms with E-state index in [2.05, 4.69) is 35.4 Å². The van der Waals surface area contributed by atoms with Crippen LogP contribution in [0.3, 0.4) is 0 Å². The predicted octanol–water partition coefficient (Wildman–Crippen LogP) is 8.60. The first-order valence-corrected chi connectivity index (χ1v) is 14.6. The zero-order valence-electron chi connectivity index (χ0n) is 21.7. The van der Waals surface area contributed by atoms with E-state index in [0.717, 1.165) is 18.5 Å². The molecule has 3 rings (SSSR count). The molecule has 0 saturated carbocycles. The number of aromatic nitrogens is 1. The zero-order chi connectivity index (χ0) is 25.6. The van der Waals surface area contributed by atoms with Crippen molar-refractivity contribution in [2.45, 2.75) is 84.6 Å². The Morgan fingerprint density at radius 3 is 2.39 bits per heavy atom. The van der Waals surface area contributed by atoms with Crippen molar-refractivity contribution in [3.05, 3.63) is 75.2 Å². The van der Waals surface area contributed by atoms with Gasteiger partial charge in [0.25, 0.3) is 5.91 Å². The van der Waals surface area contributed by atoms with Crippen LogP contribution in [0.2, 0.25) is 5.02 Å². The fourth-order valence-corrected chi connectivity index (χ4v) is 5.02. The van der Waals surface area contributed by atoms with Crippen molar-refractivity contribution >= 4 is 34.5 Å². The molecule has 0 radical (unpaired) electrons. The van der Waals surface area contributed by atoms with Gasteiger partial charge in [-0.3, -0.25) is 4.79 Å². The van der Waals surface area contributed by atoms with Gasteiger partial charge in [-0.25, -0.2) is 0 Å². The van der Waals surface area contributed by atoms with Gasteiger partial charge in [0.15, 0.2) is 12.7 Å². The molecule has 1 amide bonds. The Morgan fingerprint density at radius 2 is 1.69 bits per heavy atom. The van der Waals surface area contributed by atoms with Gasteiger partial charge in [0.2, 0.25) is 5.51 Å². The molecule has 3 aromatic rings. The van der Waals surface area contributed by atoms with Gasteiger partial charge >= 0.3 is 0 Å². The summed E-state index contributed by atoms with van der Waals surface area (Å²) < 4.78 is 8.07.